The third kappa shape index (κ3) is 2.16. The van der Waals surface area contributed by atoms with E-state index in [9.17, 15) is 9.90 Å². The monoisotopic (exact) mass is 317 g/mol. The average Bonchev–Trinajstić information content (AvgIpc) is 2.56. The first kappa shape index (κ1) is 13.1. The van der Waals surface area contributed by atoms with Gasteiger partial charge in [0.25, 0.3) is 0 Å². The van der Waals surface area contributed by atoms with Gasteiger partial charge in [-0.1, -0.05) is 6.42 Å². The van der Waals surface area contributed by atoms with Crippen LogP contribution in [0.15, 0.2) is 15.9 Å². The van der Waals surface area contributed by atoms with Crippen molar-refractivity contribution in [2.24, 2.45) is 5.41 Å². The Morgan fingerprint density at radius 3 is 2.53 bits per heavy atom. The number of thiophene rings is 1. The lowest BCUT2D eigenvalue weighted by atomic mass is 9.63. The maximum Gasteiger partial charge on any atom is 0.311 e. The van der Waals surface area contributed by atoms with Crippen molar-refractivity contribution in [3.05, 3.63) is 20.8 Å². The van der Waals surface area contributed by atoms with E-state index in [2.05, 4.69) is 15.9 Å². The van der Waals surface area contributed by atoms with Crippen LogP contribution in [0, 0.1) is 5.41 Å². The van der Waals surface area contributed by atoms with Gasteiger partial charge in [0.15, 0.2) is 0 Å². The van der Waals surface area contributed by atoms with Crippen LogP contribution in [-0.2, 0) is 4.79 Å². The molecule has 1 unspecified atom stereocenters. The fraction of sp³-hybridized carbons (Fsp3) is 0.583. The van der Waals surface area contributed by atoms with Gasteiger partial charge < -0.3 is 10.0 Å². The van der Waals surface area contributed by atoms with Crippen LogP contribution in [0.1, 0.15) is 30.2 Å². The number of halogens is 1. The zero-order valence-electron chi connectivity index (χ0n) is 9.94. The van der Waals surface area contributed by atoms with Crippen LogP contribution in [0.5, 0.6) is 0 Å². The molecule has 0 radical (unpaired) electrons. The number of aliphatic carboxylic acids is 1. The first-order valence-electron chi connectivity index (χ1n) is 5.61. The Hall–Kier alpha value is -0.390. The second-order valence-corrected chi connectivity index (χ2v) is 6.71. The highest BCUT2D eigenvalue weighted by molar-refractivity contribution is 9.10. The Balaban J connectivity index is 2.38. The summed E-state index contributed by atoms with van der Waals surface area (Å²) in [5.41, 5.74) is -0.589. The van der Waals surface area contributed by atoms with Crippen molar-refractivity contribution in [1.29, 1.82) is 0 Å². The normalized spacial score (nSPS) is 20.0. The molecule has 3 nitrogen and oxygen atoms in total. The maximum atomic E-state index is 11.6. The molecule has 1 heterocycles. The van der Waals surface area contributed by atoms with Crippen LogP contribution in [0.3, 0.4) is 0 Å². The second-order valence-electron chi connectivity index (χ2n) is 4.85. The zero-order chi connectivity index (χ0) is 12.6. The van der Waals surface area contributed by atoms with Gasteiger partial charge in [0.2, 0.25) is 0 Å². The summed E-state index contributed by atoms with van der Waals surface area (Å²) in [6, 6.07) is 2.02. The molecule has 0 saturated heterocycles. The van der Waals surface area contributed by atoms with Gasteiger partial charge in [-0.25, -0.2) is 0 Å². The van der Waals surface area contributed by atoms with Crippen molar-refractivity contribution in [2.75, 3.05) is 14.1 Å². The number of carboxylic acid groups (broad SMARTS) is 1. The molecule has 1 aliphatic rings. The molecule has 17 heavy (non-hydrogen) atoms. The van der Waals surface area contributed by atoms with E-state index in [4.69, 9.17) is 0 Å². The largest absolute Gasteiger partial charge is 0.481 e. The summed E-state index contributed by atoms with van der Waals surface area (Å²) < 4.78 is 1.03. The topological polar surface area (TPSA) is 40.5 Å². The zero-order valence-corrected chi connectivity index (χ0v) is 12.3. The number of rotatable bonds is 4. The lowest BCUT2D eigenvalue weighted by Crippen LogP contribution is -2.48. The molecule has 0 bridgehead atoms. The van der Waals surface area contributed by atoms with Gasteiger partial charge in [-0.15, -0.1) is 11.3 Å². The SMILES string of the molecule is CN(C)C(c1cc(Br)cs1)C1(C(=O)O)CCC1. The summed E-state index contributed by atoms with van der Waals surface area (Å²) in [6.07, 6.45) is 2.57. The van der Waals surface area contributed by atoms with Crippen LogP contribution >= 0.6 is 27.3 Å². The summed E-state index contributed by atoms with van der Waals surface area (Å²) in [5, 5.41) is 11.6. The second kappa shape index (κ2) is 4.71. The molecule has 94 valence electrons. The van der Waals surface area contributed by atoms with E-state index in [0.717, 1.165) is 28.6 Å². The molecule has 5 heteroatoms. The third-order valence-corrected chi connectivity index (χ3v) is 5.31. The molecule has 0 aliphatic heterocycles. The van der Waals surface area contributed by atoms with E-state index in [0.29, 0.717) is 0 Å². The quantitative estimate of drug-likeness (QED) is 0.925. The highest BCUT2D eigenvalue weighted by Gasteiger charge is 2.52. The molecule has 2 rings (SSSR count). The van der Waals surface area contributed by atoms with Gasteiger partial charge in [0, 0.05) is 14.7 Å². The Morgan fingerprint density at radius 1 is 1.59 bits per heavy atom. The number of carboxylic acids is 1. The van der Waals surface area contributed by atoms with E-state index in [-0.39, 0.29) is 6.04 Å². The molecule has 1 N–H and O–H groups in total. The molecular formula is C12H16BrNO2S. The van der Waals surface area contributed by atoms with E-state index < -0.39 is 11.4 Å². The lowest BCUT2D eigenvalue weighted by Gasteiger charge is -2.46. The molecular weight excluding hydrogens is 302 g/mol. The summed E-state index contributed by atoms with van der Waals surface area (Å²) in [4.78, 5) is 14.8. The van der Waals surface area contributed by atoms with Crippen LogP contribution in [-0.4, -0.2) is 30.1 Å². The molecule has 0 spiro atoms. The molecule has 1 aromatic heterocycles. The van der Waals surface area contributed by atoms with Gasteiger partial charge in [-0.2, -0.15) is 0 Å². The maximum absolute atomic E-state index is 11.6. The number of nitrogens with zero attached hydrogens (tertiary/aromatic N) is 1. The minimum atomic E-state index is -0.660. The van der Waals surface area contributed by atoms with E-state index in [1.807, 2.05) is 30.4 Å². The van der Waals surface area contributed by atoms with Gasteiger partial charge in [0.05, 0.1) is 11.5 Å². The van der Waals surface area contributed by atoms with Gasteiger partial charge in [-0.3, -0.25) is 4.79 Å². The minimum Gasteiger partial charge on any atom is -0.481 e. The Kier molecular flexibility index (Phi) is 3.61. The summed E-state index contributed by atoms with van der Waals surface area (Å²) in [7, 11) is 3.92. The van der Waals surface area contributed by atoms with Crippen LogP contribution in [0.25, 0.3) is 0 Å². The number of carbonyl (C=O) groups is 1. The molecule has 1 atom stereocenters. The van der Waals surface area contributed by atoms with E-state index >= 15 is 0 Å². The number of hydrogen-bond donors (Lipinski definition) is 1. The molecule has 0 aromatic carbocycles. The fourth-order valence-corrected chi connectivity index (χ4v) is 4.41. The molecule has 1 aromatic rings. The summed E-state index contributed by atoms with van der Waals surface area (Å²) in [5.74, 6) is -0.660. The van der Waals surface area contributed by atoms with Crippen LogP contribution in [0.4, 0.5) is 0 Å². The fourth-order valence-electron chi connectivity index (χ4n) is 2.65. The highest BCUT2D eigenvalue weighted by atomic mass is 79.9. The van der Waals surface area contributed by atoms with Gasteiger partial charge >= 0.3 is 5.97 Å². The van der Waals surface area contributed by atoms with Crippen molar-refractivity contribution < 1.29 is 9.90 Å². The predicted molar refractivity (Wildman–Crippen MR) is 72.4 cm³/mol. The molecule has 0 amide bonds. The Morgan fingerprint density at radius 2 is 2.24 bits per heavy atom. The predicted octanol–water partition coefficient (Wildman–Crippen LogP) is 3.37. The molecule has 1 aliphatic carbocycles. The van der Waals surface area contributed by atoms with E-state index in [1.54, 1.807) is 11.3 Å². The minimum absolute atomic E-state index is 0.0231. The highest BCUT2D eigenvalue weighted by Crippen LogP contribution is 2.53. The Bertz CT molecular complexity index is 426. The summed E-state index contributed by atoms with van der Waals surface area (Å²) in [6.45, 7) is 0. The first-order chi connectivity index (χ1) is 7.97. The van der Waals surface area contributed by atoms with Crippen LogP contribution in [0.2, 0.25) is 0 Å². The smallest absolute Gasteiger partial charge is 0.311 e. The standard InChI is InChI=1S/C12H16BrNO2S/c1-14(2)10(9-6-8(13)7-17-9)12(11(15)16)4-3-5-12/h6-7,10H,3-5H2,1-2H3,(H,15,16). The summed E-state index contributed by atoms with van der Waals surface area (Å²) >= 11 is 5.07. The van der Waals surface area contributed by atoms with Crippen molar-refractivity contribution >= 4 is 33.2 Å². The van der Waals surface area contributed by atoms with Gasteiger partial charge in [-0.05, 0) is 48.9 Å². The third-order valence-electron chi connectivity index (χ3n) is 3.57. The molecule has 1 fully saturated rings. The van der Waals surface area contributed by atoms with Crippen molar-refractivity contribution in [2.45, 2.75) is 25.3 Å². The lowest BCUT2D eigenvalue weighted by molar-refractivity contribution is -0.160. The van der Waals surface area contributed by atoms with Crippen molar-refractivity contribution in [3.63, 3.8) is 0 Å². The van der Waals surface area contributed by atoms with E-state index in [1.165, 1.54) is 0 Å². The van der Waals surface area contributed by atoms with Gasteiger partial charge in [0.1, 0.15) is 0 Å². The average molecular weight is 318 g/mol. The van der Waals surface area contributed by atoms with Crippen molar-refractivity contribution in [1.82, 2.24) is 4.90 Å². The Labute approximate surface area is 114 Å². The van der Waals surface area contributed by atoms with Crippen molar-refractivity contribution in [3.8, 4) is 0 Å². The van der Waals surface area contributed by atoms with Crippen LogP contribution < -0.4 is 0 Å². The first-order valence-corrected chi connectivity index (χ1v) is 7.28. The molecule has 1 saturated carbocycles. The number of hydrogen-bond acceptors (Lipinski definition) is 3.